The lowest BCUT2D eigenvalue weighted by atomic mass is 10.1. The van der Waals surface area contributed by atoms with E-state index < -0.39 is 0 Å². The van der Waals surface area contributed by atoms with Crippen LogP contribution in [-0.2, 0) is 4.74 Å². The quantitative estimate of drug-likeness (QED) is 0.920. The highest BCUT2D eigenvalue weighted by Gasteiger charge is 2.21. The van der Waals surface area contributed by atoms with Crippen molar-refractivity contribution in [3.8, 4) is 0 Å². The maximum absolute atomic E-state index is 9.51. The number of aliphatic hydroxyl groups excluding tert-OH is 1. The fourth-order valence-electron chi connectivity index (χ4n) is 2.01. The van der Waals surface area contributed by atoms with Crippen LogP contribution in [0.3, 0.4) is 0 Å². The lowest BCUT2D eigenvalue weighted by Crippen LogP contribution is -2.40. The topological polar surface area (TPSA) is 32.7 Å². The summed E-state index contributed by atoms with van der Waals surface area (Å²) in [4.78, 5) is 2.27. The molecule has 1 aliphatic heterocycles. The van der Waals surface area contributed by atoms with Crippen LogP contribution in [0.1, 0.15) is 11.6 Å². The Kier molecular flexibility index (Phi) is 4.35. The molecule has 4 heteroatoms. The molecule has 1 fully saturated rings. The van der Waals surface area contributed by atoms with Crippen molar-refractivity contribution in [3.05, 3.63) is 34.3 Å². The van der Waals surface area contributed by atoms with Crippen LogP contribution in [0.25, 0.3) is 0 Å². The lowest BCUT2D eigenvalue weighted by Gasteiger charge is -2.33. The average Bonchev–Trinajstić information content (AvgIpc) is 2.34. The molecule has 0 bridgehead atoms. The van der Waals surface area contributed by atoms with E-state index in [-0.39, 0.29) is 12.6 Å². The summed E-state index contributed by atoms with van der Waals surface area (Å²) in [5.74, 6) is 0. The molecule has 1 aromatic carbocycles. The van der Waals surface area contributed by atoms with Crippen molar-refractivity contribution in [2.75, 3.05) is 32.9 Å². The summed E-state index contributed by atoms with van der Waals surface area (Å²) < 4.78 is 6.38. The van der Waals surface area contributed by atoms with Crippen molar-refractivity contribution in [3.63, 3.8) is 0 Å². The maximum atomic E-state index is 9.51. The molecule has 1 aromatic rings. The van der Waals surface area contributed by atoms with Crippen LogP contribution in [0.15, 0.2) is 28.7 Å². The van der Waals surface area contributed by atoms with Crippen molar-refractivity contribution in [2.45, 2.75) is 6.04 Å². The highest BCUT2D eigenvalue weighted by atomic mass is 79.9. The summed E-state index contributed by atoms with van der Waals surface area (Å²) in [6.07, 6.45) is 0. The largest absolute Gasteiger partial charge is 0.394 e. The first-order chi connectivity index (χ1) is 7.81. The predicted octanol–water partition coefficient (Wildman–Crippen LogP) is 1.81. The van der Waals surface area contributed by atoms with Crippen molar-refractivity contribution in [2.24, 2.45) is 0 Å². The molecule has 16 heavy (non-hydrogen) atoms. The molecule has 1 N–H and O–H groups in total. The van der Waals surface area contributed by atoms with Gasteiger partial charge in [0.05, 0.1) is 25.9 Å². The first kappa shape index (κ1) is 12.0. The van der Waals surface area contributed by atoms with Crippen molar-refractivity contribution >= 4 is 15.9 Å². The molecule has 0 saturated carbocycles. The summed E-state index contributed by atoms with van der Waals surface area (Å²) in [6.45, 7) is 3.45. The Morgan fingerprint density at radius 2 is 1.88 bits per heavy atom. The van der Waals surface area contributed by atoms with Gasteiger partial charge in [-0.15, -0.1) is 0 Å². The van der Waals surface area contributed by atoms with E-state index in [0.29, 0.717) is 0 Å². The van der Waals surface area contributed by atoms with Gasteiger partial charge in [0, 0.05) is 17.6 Å². The van der Waals surface area contributed by atoms with Crippen LogP contribution < -0.4 is 0 Å². The van der Waals surface area contributed by atoms with Gasteiger partial charge in [0.25, 0.3) is 0 Å². The van der Waals surface area contributed by atoms with Gasteiger partial charge in [-0.1, -0.05) is 28.1 Å². The predicted molar refractivity (Wildman–Crippen MR) is 66.4 cm³/mol. The van der Waals surface area contributed by atoms with Crippen LogP contribution in [-0.4, -0.2) is 42.9 Å². The third-order valence-electron chi connectivity index (χ3n) is 2.91. The Hall–Kier alpha value is -0.420. The molecule has 0 aliphatic carbocycles. The number of hydrogen-bond acceptors (Lipinski definition) is 3. The van der Waals surface area contributed by atoms with E-state index in [2.05, 4.69) is 33.0 Å². The van der Waals surface area contributed by atoms with Crippen molar-refractivity contribution in [1.29, 1.82) is 0 Å². The third-order valence-corrected chi connectivity index (χ3v) is 3.44. The minimum atomic E-state index is 0.0944. The fourth-order valence-corrected chi connectivity index (χ4v) is 2.27. The van der Waals surface area contributed by atoms with Gasteiger partial charge in [-0.3, -0.25) is 4.90 Å². The van der Waals surface area contributed by atoms with Gasteiger partial charge < -0.3 is 9.84 Å². The number of rotatable bonds is 3. The Labute approximate surface area is 104 Å². The van der Waals surface area contributed by atoms with Gasteiger partial charge in [0.15, 0.2) is 0 Å². The summed E-state index contributed by atoms with van der Waals surface area (Å²) in [5, 5.41) is 9.51. The first-order valence-corrected chi connectivity index (χ1v) is 6.28. The molecule has 2 rings (SSSR count). The highest BCUT2D eigenvalue weighted by Crippen LogP contribution is 2.22. The van der Waals surface area contributed by atoms with Crippen LogP contribution in [0.5, 0.6) is 0 Å². The SMILES string of the molecule is OCC(c1ccc(Br)cc1)N1CCOCC1. The Bertz CT molecular complexity index is 322. The summed E-state index contributed by atoms with van der Waals surface area (Å²) >= 11 is 3.42. The molecule has 3 nitrogen and oxygen atoms in total. The average molecular weight is 286 g/mol. The monoisotopic (exact) mass is 285 g/mol. The Morgan fingerprint density at radius 3 is 2.44 bits per heavy atom. The molecule has 0 spiro atoms. The Balaban J connectivity index is 2.11. The normalized spacial score (nSPS) is 19.6. The standard InChI is InChI=1S/C12H16BrNO2/c13-11-3-1-10(2-4-11)12(9-15)14-5-7-16-8-6-14/h1-4,12,15H,5-9H2. The lowest BCUT2D eigenvalue weighted by molar-refractivity contribution is 0.00259. The maximum Gasteiger partial charge on any atom is 0.0628 e. The zero-order valence-corrected chi connectivity index (χ0v) is 10.7. The van der Waals surface area contributed by atoms with Gasteiger partial charge in [-0.2, -0.15) is 0 Å². The van der Waals surface area contributed by atoms with E-state index in [9.17, 15) is 5.11 Å². The molecule has 1 atom stereocenters. The molecule has 0 radical (unpaired) electrons. The molecule has 1 unspecified atom stereocenters. The van der Waals surface area contributed by atoms with E-state index in [1.165, 1.54) is 0 Å². The van der Waals surface area contributed by atoms with Gasteiger partial charge in [-0.25, -0.2) is 0 Å². The molecule has 1 saturated heterocycles. The number of halogens is 1. The summed E-state index contributed by atoms with van der Waals surface area (Å²) in [5.41, 5.74) is 1.16. The minimum Gasteiger partial charge on any atom is -0.394 e. The van der Waals surface area contributed by atoms with Crippen molar-refractivity contribution in [1.82, 2.24) is 4.90 Å². The van der Waals surface area contributed by atoms with Gasteiger partial charge in [0.1, 0.15) is 0 Å². The second-order valence-corrected chi connectivity index (χ2v) is 4.81. The number of benzene rings is 1. The molecular weight excluding hydrogens is 270 g/mol. The van der Waals surface area contributed by atoms with E-state index in [0.717, 1.165) is 36.3 Å². The third kappa shape index (κ3) is 2.83. The fraction of sp³-hybridized carbons (Fsp3) is 0.500. The number of hydrogen-bond donors (Lipinski definition) is 1. The summed E-state index contributed by atoms with van der Waals surface area (Å²) in [7, 11) is 0. The van der Waals surface area contributed by atoms with E-state index in [1.54, 1.807) is 0 Å². The zero-order valence-electron chi connectivity index (χ0n) is 9.10. The molecule has 1 aliphatic rings. The van der Waals surface area contributed by atoms with Gasteiger partial charge in [-0.05, 0) is 17.7 Å². The van der Waals surface area contributed by atoms with Crippen molar-refractivity contribution < 1.29 is 9.84 Å². The minimum absolute atomic E-state index is 0.0944. The van der Waals surface area contributed by atoms with Gasteiger partial charge in [0.2, 0.25) is 0 Å². The molecule has 0 amide bonds. The van der Waals surface area contributed by atoms with E-state index >= 15 is 0 Å². The van der Waals surface area contributed by atoms with Crippen LogP contribution in [0.4, 0.5) is 0 Å². The molecule has 0 aromatic heterocycles. The first-order valence-electron chi connectivity index (χ1n) is 5.49. The van der Waals surface area contributed by atoms with E-state index in [4.69, 9.17) is 4.74 Å². The Morgan fingerprint density at radius 1 is 1.25 bits per heavy atom. The number of nitrogens with zero attached hydrogens (tertiary/aromatic N) is 1. The van der Waals surface area contributed by atoms with Crippen LogP contribution in [0, 0.1) is 0 Å². The van der Waals surface area contributed by atoms with Crippen LogP contribution >= 0.6 is 15.9 Å². The highest BCUT2D eigenvalue weighted by molar-refractivity contribution is 9.10. The molecule has 88 valence electrons. The van der Waals surface area contributed by atoms with Crippen LogP contribution in [0.2, 0.25) is 0 Å². The smallest absolute Gasteiger partial charge is 0.0628 e. The van der Waals surface area contributed by atoms with E-state index in [1.807, 2.05) is 12.1 Å². The summed E-state index contributed by atoms with van der Waals surface area (Å²) in [6, 6.07) is 8.23. The second kappa shape index (κ2) is 5.77. The molecular formula is C12H16BrNO2. The molecule has 1 heterocycles. The number of morpholine rings is 1. The zero-order chi connectivity index (χ0) is 11.4. The van der Waals surface area contributed by atoms with Gasteiger partial charge >= 0.3 is 0 Å². The number of aliphatic hydroxyl groups is 1. The number of ether oxygens (including phenoxy) is 1. The second-order valence-electron chi connectivity index (χ2n) is 3.90.